The van der Waals surface area contributed by atoms with Crippen LogP contribution in [0.4, 0.5) is 0 Å². The molecular formula is C18H22N2. The van der Waals surface area contributed by atoms with Crippen LogP contribution in [-0.4, -0.2) is 18.0 Å². The van der Waals surface area contributed by atoms with E-state index in [0.717, 1.165) is 13.0 Å². The molecule has 0 aromatic heterocycles. The predicted molar refractivity (Wildman–Crippen MR) is 83.5 cm³/mol. The van der Waals surface area contributed by atoms with Crippen LogP contribution in [0.2, 0.25) is 0 Å². The second-order valence-electron chi connectivity index (χ2n) is 5.84. The van der Waals surface area contributed by atoms with Gasteiger partial charge in [-0.25, -0.2) is 0 Å². The van der Waals surface area contributed by atoms with Gasteiger partial charge < -0.3 is 5.73 Å². The number of fused-ring (bicyclic) bond motifs is 1. The van der Waals surface area contributed by atoms with Gasteiger partial charge in [0.1, 0.15) is 0 Å². The maximum Gasteiger partial charge on any atom is 0.0459 e. The van der Waals surface area contributed by atoms with Gasteiger partial charge in [-0.15, -0.1) is 0 Å². The molecule has 0 saturated heterocycles. The molecule has 20 heavy (non-hydrogen) atoms. The van der Waals surface area contributed by atoms with Gasteiger partial charge in [0.15, 0.2) is 0 Å². The fourth-order valence-electron chi connectivity index (χ4n) is 3.21. The predicted octanol–water partition coefficient (Wildman–Crippen LogP) is 3.05. The Morgan fingerprint density at radius 3 is 2.55 bits per heavy atom. The van der Waals surface area contributed by atoms with Gasteiger partial charge in [0, 0.05) is 18.6 Å². The zero-order chi connectivity index (χ0) is 14.1. The number of benzene rings is 2. The summed E-state index contributed by atoms with van der Waals surface area (Å²) in [5.74, 6) is 0. The van der Waals surface area contributed by atoms with Crippen molar-refractivity contribution in [3.8, 4) is 0 Å². The first-order valence-electron chi connectivity index (χ1n) is 7.25. The Morgan fingerprint density at radius 1 is 1.10 bits per heavy atom. The minimum Gasteiger partial charge on any atom is -0.323 e. The zero-order valence-electron chi connectivity index (χ0n) is 12.2. The maximum atomic E-state index is 6.44. The highest BCUT2D eigenvalue weighted by Crippen LogP contribution is 2.32. The van der Waals surface area contributed by atoms with E-state index in [-0.39, 0.29) is 6.04 Å². The van der Waals surface area contributed by atoms with Crippen LogP contribution in [0.1, 0.15) is 28.3 Å². The van der Waals surface area contributed by atoms with Crippen LogP contribution in [0.15, 0.2) is 48.5 Å². The lowest BCUT2D eigenvalue weighted by atomic mass is 10.1. The molecule has 2 N–H and O–H groups in total. The molecule has 1 aliphatic rings. The van der Waals surface area contributed by atoms with Crippen molar-refractivity contribution in [2.45, 2.75) is 32.0 Å². The first kappa shape index (κ1) is 13.3. The van der Waals surface area contributed by atoms with Gasteiger partial charge in [-0.3, -0.25) is 4.90 Å². The molecule has 0 saturated carbocycles. The van der Waals surface area contributed by atoms with Crippen molar-refractivity contribution in [2.24, 2.45) is 5.73 Å². The minimum absolute atomic E-state index is 0.125. The van der Waals surface area contributed by atoms with Gasteiger partial charge in [0.05, 0.1) is 0 Å². The lowest BCUT2D eigenvalue weighted by Gasteiger charge is -2.28. The molecule has 2 nitrogen and oxygen atoms in total. The summed E-state index contributed by atoms with van der Waals surface area (Å²) in [6.07, 6.45) is 1.06. The van der Waals surface area contributed by atoms with Gasteiger partial charge in [0.25, 0.3) is 0 Å². The van der Waals surface area contributed by atoms with Crippen LogP contribution >= 0.6 is 0 Å². The van der Waals surface area contributed by atoms with Crippen molar-refractivity contribution in [2.75, 3.05) is 7.05 Å². The first-order chi connectivity index (χ1) is 9.66. The summed E-state index contributed by atoms with van der Waals surface area (Å²) < 4.78 is 0. The second kappa shape index (κ2) is 5.39. The van der Waals surface area contributed by atoms with Gasteiger partial charge in [0.2, 0.25) is 0 Å². The molecule has 2 atom stereocenters. The van der Waals surface area contributed by atoms with E-state index in [1.807, 2.05) is 0 Å². The van der Waals surface area contributed by atoms with Crippen LogP contribution in [0.3, 0.4) is 0 Å². The van der Waals surface area contributed by atoms with E-state index < -0.39 is 0 Å². The lowest BCUT2D eigenvalue weighted by molar-refractivity contribution is 0.214. The molecule has 0 radical (unpaired) electrons. The molecule has 2 unspecified atom stereocenters. The van der Waals surface area contributed by atoms with Gasteiger partial charge in [-0.2, -0.15) is 0 Å². The smallest absolute Gasteiger partial charge is 0.0459 e. The monoisotopic (exact) mass is 266 g/mol. The van der Waals surface area contributed by atoms with Gasteiger partial charge in [-0.1, -0.05) is 48.5 Å². The summed E-state index contributed by atoms with van der Waals surface area (Å²) >= 11 is 0. The molecule has 0 heterocycles. The molecule has 0 bridgehead atoms. The summed E-state index contributed by atoms with van der Waals surface area (Å²) in [5.41, 5.74) is 11.9. The molecule has 2 aromatic carbocycles. The van der Waals surface area contributed by atoms with Crippen LogP contribution in [0.5, 0.6) is 0 Å². The van der Waals surface area contributed by atoms with E-state index in [0.29, 0.717) is 6.04 Å². The van der Waals surface area contributed by atoms with Crippen molar-refractivity contribution in [1.82, 2.24) is 4.90 Å². The second-order valence-corrected chi connectivity index (χ2v) is 5.84. The highest BCUT2D eigenvalue weighted by molar-refractivity contribution is 5.37. The van der Waals surface area contributed by atoms with Gasteiger partial charge in [-0.05, 0) is 42.6 Å². The van der Waals surface area contributed by atoms with E-state index in [1.165, 1.54) is 22.3 Å². The molecular weight excluding hydrogens is 244 g/mol. The van der Waals surface area contributed by atoms with Crippen LogP contribution < -0.4 is 5.73 Å². The number of hydrogen-bond acceptors (Lipinski definition) is 2. The summed E-state index contributed by atoms with van der Waals surface area (Å²) in [5, 5.41) is 0. The van der Waals surface area contributed by atoms with Crippen molar-refractivity contribution in [3.05, 3.63) is 70.8 Å². The highest BCUT2D eigenvalue weighted by atomic mass is 15.1. The largest absolute Gasteiger partial charge is 0.323 e. The fourth-order valence-corrected chi connectivity index (χ4v) is 3.21. The van der Waals surface area contributed by atoms with E-state index >= 15 is 0 Å². The third-order valence-corrected chi connectivity index (χ3v) is 4.50. The van der Waals surface area contributed by atoms with E-state index in [4.69, 9.17) is 5.73 Å². The Labute approximate surface area is 121 Å². The van der Waals surface area contributed by atoms with Crippen molar-refractivity contribution < 1.29 is 0 Å². The SMILES string of the molecule is Cc1ccccc1CN(C)C1Cc2ccccc2C1N. The average molecular weight is 266 g/mol. The normalized spacial score (nSPS) is 21.2. The number of rotatable bonds is 3. The van der Waals surface area contributed by atoms with Crippen LogP contribution in [0, 0.1) is 6.92 Å². The van der Waals surface area contributed by atoms with E-state index in [1.54, 1.807) is 0 Å². The zero-order valence-corrected chi connectivity index (χ0v) is 12.2. The quantitative estimate of drug-likeness (QED) is 0.925. The van der Waals surface area contributed by atoms with E-state index in [2.05, 4.69) is 67.4 Å². The maximum absolute atomic E-state index is 6.44. The topological polar surface area (TPSA) is 29.3 Å². The van der Waals surface area contributed by atoms with Crippen LogP contribution in [0.25, 0.3) is 0 Å². The Bertz CT molecular complexity index is 606. The third-order valence-electron chi connectivity index (χ3n) is 4.50. The summed E-state index contributed by atoms with van der Waals surface area (Å²) in [7, 11) is 2.18. The molecule has 2 heteroatoms. The van der Waals surface area contributed by atoms with Crippen molar-refractivity contribution in [3.63, 3.8) is 0 Å². The molecule has 104 valence electrons. The number of nitrogens with two attached hydrogens (primary N) is 1. The molecule has 0 fully saturated rings. The summed E-state index contributed by atoms with van der Waals surface area (Å²) in [6, 6.07) is 17.7. The van der Waals surface area contributed by atoms with Crippen molar-refractivity contribution in [1.29, 1.82) is 0 Å². The number of likely N-dealkylation sites (N-methyl/N-ethyl adjacent to an activating group) is 1. The Kier molecular flexibility index (Phi) is 3.60. The van der Waals surface area contributed by atoms with E-state index in [9.17, 15) is 0 Å². The third kappa shape index (κ3) is 2.37. The molecule has 2 aromatic rings. The van der Waals surface area contributed by atoms with Crippen molar-refractivity contribution >= 4 is 0 Å². The molecule has 1 aliphatic carbocycles. The summed E-state index contributed by atoms with van der Waals surface area (Å²) in [4.78, 5) is 2.40. The lowest BCUT2D eigenvalue weighted by Crippen LogP contribution is -2.38. The minimum atomic E-state index is 0.125. The molecule has 3 rings (SSSR count). The first-order valence-corrected chi connectivity index (χ1v) is 7.25. The Morgan fingerprint density at radius 2 is 1.80 bits per heavy atom. The average Bonchev–Trinajstić information content (AvgIpc) is 2.79. The number of hydrogen-bond donors (Lipinski definition) is 1. The standard InChI is InChI=1S/C18H22N2/c1-13-7-3-4-9-15(13)12-20(2)17-11-14-8-5-6-10-16(14)18(17)19/h3-10,17-18H,11-12,19H2,1-2H3. The Hall–Kier alpha value is -1.64. The molecule has 0 spiro atoms. The number of aryl methyl sites for hydroxylation is 1. The number of nitrogens with zero attached hydrogens (tertiary/aromatic N) is 1. The molecule has 0 amide bonds. The van der Waals surface area contributed by atoms with Gasteiger partial charge >= 0.3 is 0 Å². The molecule has 0 aliphatic heterocycles. The fraction of sp³-hybridized carbons (Fsp3) is 0.333. The highest BCUT2D eigenvalue weighted by Gasteiger charge is 2.32. The van der Waals surface area contributed by atoms with Crippen LogP contribution in [-0.2, 0) is 13.0 Å². The summed E-state index contributed by atoms with van der Waals surface area (Å²) in [6.45, 7) is 3.13. The Balaban J connectivity index is 1.77.